The Balaban J connectivity index is 1.75. The summed E-state index contributed by atoms with van der Waals surface area (Å²) in [7, 11) is 0. The van der Waals surface area contributed by atoms with Crippen LogP contribution in [0, 0.1) is 13.8 Å². The van der Waals surface area contributed by atoms with Crippen molar-refractivity contribution in [3.8, 4) is 5.69 Å². The monoisotopic (exact) mass is 496 g/mol. The van der Waals surface area contributed by atoms with E-state index in [9.17, 15) is 22.8 Å². The van der Waals surface area contributed by atoms with E-state index in [4.69, 9.17) is 23.2 Å². The van der Waals surface area contributed by atoms with Gasteiger partial charge in [0.1, 0.15) is 0 Å². The Morgan fingerprint density at radius 1 is 1.00 bits per heavy atom. The van der Waals surface area contributed by atoms with Gasteiger partial charge >= 0.3 is 18.0 Å². The first-order valence-electron chi connectivity index (χ1n) is 9.44. The minimum Gasteiger partial charge on any atom is -0.318 e. The number of hydrazone groups is 1. The van der Waals surface area contributed by atoms with Crippen LogP contribution in [0.4, 0.5) is 18.9 Å². The topological polar surface area (TPSA) is 75.5 Å². The second-order valence-corrected chi connectivity index (χ2v) is 7.77. The third-order valence-corrected chi connectivity index (χ3v) is 5.41. The number of para-hydroxylation sites is 1. The fraction of sp³-hybridized carbons (Fsp3) is 0.136. The van der Waals surface area contributed by atoms with Crippen LogP contribution in [-0.4, -0.2) is 22.6 Å². The summed E-state index contributed by atoms with van der Waals surface area (Å²) in [5, 5.41) is 6.59. The predicted molar refractivity (Wildman–Crippen MR) is 121 cm³/mol. The molecular formula is C22H17Cl2F3N4O2. The second kappa shape index (κ2) is 9.68. The molecule has 0 unspecified atom stereocenters. The minimum atomic E-state index is -4.52. The number of anilines is 1. The normalized spacial score (nSPS) is 11.6. The van der Waals surface area contributed by atoms with Crippen molar-refractivity contribution in [1.29, 1.82) is 0 Å². The van der Waals surface area contributed by atoms with Gasteiger partial charge in [-0.1, -0.05) is 35.3 Å². The molecule has 6 nitrogen and oxygen atoms in total. The van der Waals surface area contributed by atoms with Crippen molar-refractivity contribution in [2.24, 2.45) is 5.10 Å². The summed E-state index contributed by atoms with van der Waals surface area (Å²) in [6.45, 7) is 3.28. The van der Waals surface area contributed by atoms with Gasteiger partial charge in [-0.15, -0.1) is 0 Å². The fourth-order valence-corrected chi connectivity index (χ4v) is 3.47. The molecule has 172 valence electrons. The number of aryl methyl sites for hydroxylation is 1. The van der Waals surface area contributed by atoms with E-state index >= 15 is 0 Å². The van der Waals surface area contributed by atoms with E-state index in [0.29, 0.717) is 22.0 Å². The molecule has 0 radical (unpaired) electrons. The highest BCUT2D eigenvalue weighted by molar-refractivity contribution is 6.42. The van der Waals surface area contributed by atoms with E-state index in [1.54, 1.807) is 19.9 Å². The molecule has 2 aromatic carbocycles. The Labute approximate surface area is 197 Å². The molecule has 0 fully saturated rings. The number of carbonyl (C=O) groups is 2. The van der Waals surface area contributed by atoms with Crippen molar-refractivity contribution in [3.05, 3.63) is 81.1 Å². The maximum atomic E-state index is 13.4. The van der Waals surface area contributed by atoms with Crippen LogP contribution in [-0.2, 0) is 15.8 Å². The zero-order chi connectivity index (χ0) is 24.3. The third kappa shape index (κ3) is 5.55. The van der Waals surface area contributed by atoms with E-state index in [2.05, 4.69) is 15.8 Å². The average Bonchev–Trinajstić information content (AvgIpc) is 3.03. The largest absolute Gasteiger partial charge is 0.418 e. The number of amides is 2. The number of halogens is 5. The molecule has 0 bridgehead atoms. The van der Waals surface area contributed by atoms with Gasteiger partial charge in [-0.05, 0) is 50.2 Å². The van der Waals surface area contributed by atoms with E-state index in [1.807, 2.05) is 0 Å². The predicted octanol–water partition coefficient (Wildman–Crippen LogP) is 5.51. The maximum absolute atomic E-state index is 13.4. The molecule has 11 heteroatoms. The number of nitrogens with zero attached hydrogens (tertiary/aromatic N) is 2. The third-order valence-electron chi connectivity index (χ3n) is 4.67. The van der Waals surface area contributed by atoms with E-state index < -0.39 is 23.6 Å². The van der Waals surface area contributed by atoms with Gasteiger partial charge in [-0.25, -0.2) is 5.43 Å². The maximum Gasteiger partial charge on any atom is 0.418 e. The Bertz CT molecular complexity index is 1250. The zero-order valence-corrected chi connectivity index (χ0v) is 18.8. The van der Waals surface area contributed by atoms with Crippen LogP contribution in [0.1, 0.15) is 22.5 Å². The lowest BCUT2D eigenvalue weighted by atomic mass is 10.1. The van der Waals surface area contributed by atoms with Gasteiger partial charge in [0.05, 0.1) is 27.5 Å². The van der Waals surface area contributed by atoms with Gasteiger partial charge in [-0.2, -0.15) is 18.3 Å². The summed E-state index contributed by atoms with van der Waals surface area (Å²) >= 11 is 11.7. The van der Waals surface area contributed by atoms with Crippen LogP contribution in [0.15, 0.2) is 53.6 Å². The summed E-state index contributed by atoms with van der Waals surface area (Å²) in [6, 6.07) is 11.2. The summed E-state index contributed by atoms with van der Waals surface area (Å²) in [5.41, 5.74) is 3.02. The molecule has 3 rings (SSSR count). The van der Waals surface area contributed by atoms with Crippen molar-refractivity contribution < 1.29 is 22.8 Å². The lowest BCUT2D eigenvalue weighted by Gasteiger charge is -2.16. The van der Waals surface area contributed by atoms with E-state index in [-0.39, 0.29) is 16.4 Å². The van der Waals surface area contributed by atoms with Gasteiger partial charge in [0.15, 0.2) is 0 Å². The molecular weight excluding hydrogens is 480 g/mol. The molecule has 1 aromatic heterocycles. The van der Waals surface area contributed by atoms with Crippen LogP contribution < -0.4 is 10.7 Å². The Kier molecular flexibility index (Phi) is 7.14. The van der Waals surface area contributed by atoms with Gasteiger partial charge < -0.3 is 9.88 Å². The lowest BCUT2D eigenvalue weighted by molar-refractivity contribution is -0.137. The molecule has 0 saturated carbocycles. The minimum absolute atomic E-state index is 0.0234. The Morgan fingerprint density at radius 2 is 1.70 bits per heavy atom. The first kappa shape index (κ1) is 24.3. The number of benzene rings is 2. The first-order valence-corrected chi connectivity index (χ1v) is 10.2. The number of alkyl halides is 3. The molecule has 0 aliphatic carbocycles. The highest BCUT2D eigenvalue weighted by Crippen LogP contribution is 2.35. The fourth-order valence-electron chi connectivity index (χ4n) is 3.17. The molecule has 0 saturated heterocycles. The first-order chi connectivity index (χ1) is 15.5. The number of carbonyl (C=O) groups excluding carboxylic acids is 2. The highest BCUT2D eigenvalue weighted by atomic mass is 35.5. The van der Waals surface area contributed by atoms with E-state index in [0.717, 1.165) is 6.07 Å². The van der Waals surface area contributed by atoms with Crippen LogP contribution in [0.2, 0.25) is 10.0 Å². The van der Waals surface area contributed by atoms with Gasteiger partial charge in [0, 0.05) is 22.6 Å². The molecule has 0 aliphatic rings. The van der Waals surface area contributed by atoms with Crippen LogP contribution in [0.25, 0.3) is 5.69 Å². The summed E-state index contributed by atoms with van der Waals surface area (Å²) < 4.78 is 41.7. The number of rotatable bonds is 4. The summed E-state index contributed by atoms with van der Waals surface area (Å²) in [4.78, 5) is 24.0. The Hall–Kier alpha value is -3.30. The average molecular weight is 497 g/mol. The van der Waals surface area contributed by atoms with Crippen molar-refractivity contribution in [2.75, 3.05) is 5.32 Å². The lowest BCUT2D eigenvalue weighted by Crippen LogP contribution is -2.32. The SMILES string of the molecule is Cc1cc(/C=N\NC(=O)C(=O)Nc2ccc(Cl)c(Cl)c2)c(C)n1-c1ccccc1C(F)(F)F. The standard InChI is InChI=1S/C22H17Cl2F3N4O2/c1-12-9-14(13(2)31(12)19-6-4-3-5-16(19)22(25,26)27)11-28-30-21(33)20(32)29-15-7-8-17(23)18(24)10-15/h3-11H,1-2H3,(H,29,32)(H,30,33)/b28-11-. The Morgan fingerprint density at radius 3 is 2.36 bits per heavy atom. The summed E-state index contributed by atoms with van der Waals surface area (Å²) in [6.07, 6.45) is -3.27. The molecule has 1 heterocycles. The number of hydrogen-bond acceptors (Lipinski definition) is 3. The molecule has 2 N–H and O–H groups in total. The number of aromatic nitrogens is 1. The molecule has 0 aliphatic heterocycles. The smallest absolute Gasteiger partial charge is 0.318 e. The molecule has 0 spiro atoms. The molecule has 2 amide bonds. The van der Waals surface area contributed by atoms with E-state index in [1.165, 1.54) is 47.2 Å². The number of hydrogen-bond donors (Lipinski definition) is 2. The van der Waals surface area contributed by atoms with Crippen molar-refractivity contribution >= 4 is 46.9 Å². The zero-order valence-electron chi connectivity index (χ0n) is 17.3. The van der Waals surface area contributed by atoms with Crippen molar-refractivity contribution in [2.45, 2.75) is 20.0 Å². The molecule has 3 aromatic rings. The van der Waals surface area contributed by atoms with Crippen molar-refractivity contribution in [3.63, 3.8) is 0 Å². The molecule has 33 heavy (non-hydrogen) atoms. The van der Waals surface area contributed by atoms with Crippen LogP contribution in [0.3, 0.4) is 0 Å². The van der Waals surface area contributed by atoms with Crippen LogP contribution in [0.5, 0.6) is 0 Å². The number of nitrogens with one attached hydrogen (secondary N) is 2. The summed E-state index contributed by atoms with van der Waals surface area (Å²) in [5.74, 6) is -2.04. The van der Waals surface area contributed by atoms with Crippen LogP contribution >= 0.6 is 23.2 Å². The van der Waals surface area contributed by atoms with Crippen molar-refractivity contribution in [1.82, 2.24) is 9.99 Å². The second-order valence-electron chi connectivity index (χ2n) is 6.96. The van der Waals surface area contributed by atoms with Gasteiger partial charge in [0.2, 0.25) is 0 Å². The van der Waals surface area contributed by atoms with Gasteiger partial charge in [-0.3, -0.25) is 9.59 Å². The van der Waals surface area contributed by atoms with Gasteiger partial charge in [0.25, 0.3) is 0 Å². The molecule has 0 atom stereocenters. The highest BCUT2D eigenvalue weighted by Gasteiger charge is 2.34. The quantitative estimate of drug-likeness (QED) is 0.284.